The highest BCUT2D eigenvalue weighted by Crippen LogP contribution is 2.25. The minimum Gasteiger partial charge on any atom is -0.402 e. The zero-order valence-electron chi connectivity index (χ0n) is 8.61. The second kappa shape index (κ2) is 6.97. The molecule has 0 aliphatic carbocycles. The van der Waals surface area contributed by atoms with Gasteiger partial charge in [0.15, 0.2) is 0 Å². The highest BCUT2D eigenvalue weighted by Gasteiger charge is 2.36. The lowest BCUT2D eigenvalue weighted by Gasteiger charge is -2.35. The molecule has 0 saturated carbocycles. The Hall–Kier alpha value is 0.595. The summed E-state index contributed by atoms with van der Waals surface area (Å²) < 4.78 is 0.856. The number of hydrogen-bond acceptors (Lipinski definition) is 5. The molecule has 5 N–H and O–H groups in total. The van der Waals surface area contributed by atoms with Crippen LogP contribution in [0.1, 0.15) is 27.2 Å². The highest BCUT2D eigenvalue weighted by molar-refractivity contribution is 14.1. The van der Waals surface area contributed by atoms with Crippen LogP contribution in [-0.4, -0.2) is 48.2 Å². The van der Waals surface area contributed by atoms with Gasteiger partial charge in [-0.15, -0.1) is 0 Å². The van der Waals surface area contributed by atoms with E-state index >= 15 is 0 Å². The molecular weight excluding hydrogens is 302 g/mol. The minimum absolute atomic E-state index is 0.622. The topological polar surface area (TPSA) is 101 Å². The van der Waals surface area contributed by atoms with Crippen molar-refractivity contribution in [1.29, 1.82) is 0 Å². The van der Waals surface area contributed by atoms with Gasteiger partial charge in [0.05, 0.1) is 11.2 Å². The summed E-state index contributed by atoms with van der Waals surface area (Å²) in [6.07, 6.45) is 0.622. The lowest BCUT2D eigenvalue weighted by molar-refractivity contribution is -0.120. The molecule has 0 heterocycles. The van der Waals surface area contributed by atoms with Gasteiger partial charge in [0.1, 0.15) is 0 Å². The van der Waals surface area contributed by atoms with Crippen molar-refractivity contribution in [3.8, 4) is 0 Å². The van der Waals surface area contributed by atoms with Gasteiger partial charge in [-0.05, 0) is 27.2 Å². The third-order valence-electron chi connectivity index (χ3n) is 1.90. The van der Waals surface area contributed by atoms with Crippen molar-refractivity contribution in [2.24, 2.45) is 0 Å². The van der Waals surface area contributed by atoms with Gasteiger partial charge in [0.25, 0.3) is 0 Å². The lowest BCUT2D eigenvalue weighted by atomic mass is 9.86. The molecule has 0 rings (SSSR count). The van der Waals surface area contributed by atoms with Gasteiger partial charge in [-0.25, -0.2) is 0 Å². The van der Waals surface area contributed by atoms with Crippen molar-refractivity contribution >= 4 is 29.9 Å². The van der Waals surface area contributed by atoms with Crippen LogP contribution in [0.5, 0.6) is 0 Å². The molecule has 0 spiro atoms. The average molecular weight is 320 g/mol. The summed E-state index contributed by atoms with van der Waals surface area (Å²) in [7, 11) is -2.17. The molecule has 0 aromatic rings. The fraction of sp³-hybridized carbons (Fsp3) is 1.00. The SMILES string of the molecule is CC(C)(O)C(C)(O)CCI.OB(O)O. The molecule has 0 aliphatic rings. The van der Waals surface area contributed by atoms with E-state index in [1.165, 1.54) is 0 Å². The lowest BCUT2D eigenvalue weighted by Crippen LogP contribution is -2.47. The number of aliphatic hydroxyl groups is 2. The third-order valence-corrected chi connectivity index (χ3v) is 2.44. The molecule has 0 fully saturated rings. The van der Waals surface area contributed by atoms with Gasteiger partial charge in [0.2, 0.25) is 0 Å². The second-order valence-electron chi connectivity index (χ2n) is 3.62. The van der Waals surface area contributed by atoms with Crippen LogP contribution in [0, 0.1) is 0 Å². The predicted octanol–water partition coefficient (Wildman–Crippen LogP) is -0.718. The summed E-state index contributed by atoms with van der Waals surface area (Å²) in [4.78, 5) is 0. The fourth-order valence-electron chi connectivity index (χ4n) is 0.490. The monoisotopic (exact) mass is 320 g/mol. The normalized spacial score (nSPS) is 15.2. The Morgan fingerprint density at radius 2 is 1.36 bits per heavy atom. The van der Waals surface area contributed by atoms with Crippen LogP contribution < -0.4 is 0 Å². The quantitative estimate of drug-likeness (QED) is 0.268. The first-order chi connectivity index (χ1) is 6.04. The van der Waals surface area contributed by atoms with Crippen LogP contribution >= 0.6 is 22.6 Å². The summed E-state index contributed by atoms with van der Waals surface area (Å²) in [5, 5.41) is 40.5. The van der Waals surface area contributed by atoms with Gasteiger partial charge >= 0.3 is 7.32 Å². The molecule has 1 atom stereocenters. The van der Waals surface area contributed by atoms with Crippen LogP contribution in [0.4, 0.5) is 0 Å². The molecule has 14 heavy (non-hydrogen) atoms. The maximum Gasteiger partial charge on any atom is 0.631 e. The molecule has 86 valence electrons. The molecule has 7 heteroatoms. The van der Waals surface area contributed by atoms with Gasteiger partial charge in [-0.2, -0.15) is 0 Å². The summed E-state index contributed by atoms with van der Waals surface area (Å²) in [5.74, 6) is 0. The summed E-state index contributed by atoms with van der Waals surface area (Å²) in [5.41, 5.74) is -1.97. The maximum atomic E-state index is 9.60. The molecule has 0 aromatic heterocycles. The van der Waals surface area contributed by atoms with Crippen molar-refractivity contribution in [1.82, 2.24) is 0 Å². The van der Waals surface area contributed by atoms with E-state index in [2.05, 4.69) is 22.6 Å². The number of alkyl halides is 1. The van der Waals surface area contributed by atoms with Gasteiger partial charge in [0, 0.05) is 4.43 Å². The first-order valence-electron chi connectivity index (χ1n) is 4.09. The Morgan fingerprint density at radius 1 is 1.07 bits per heavy atom. The molecule has 1 unspecified atom stereocenters. The van der Waals surface area contributed by atoms with Crippen molar-refractivity contribution in [3.63, 3.8) is 0 Å². The molecule has 0 amide bonds. The van der Waals surface area contributed by atoms with Gasteiger partial charge in [-0.3, -0.25) is 0 Å². The minimum atomic E-state index is -2.17. The molecule has 0 radical (unpaired) electrons. The zero-order chi connectivity index (χ0) is 12.0. The molecular formula is C7H18BIO5. The predicted molar refractivity (Wildman–Crippen MR) is 62.8 cm³/mol. The molecule has 0 saturated heterocycles. The molecule has 0 aromatic carbocycles. The Morgan fingerprint density at radius 3 is 1.43 bits per heavy atom. The highest BCUT2D eigenvalue weighted by atomic mass is 127. The molecule has 5 nitrogen and oxygen atoms in total. The first kappa shape index (κ1) is 17.0. The largest absolute Gasteiger partial charge is 0.631 e. The van der Waals surface area contributed by atoms with Crippen LogP contribution in [-0.2, 0) is 0 Å². The van der Waals surface area contributed by atoms with Crippen molar-refractivity contribution in [2.45, 2.75) is 38.4 Å². The Kier molecular flexibility index (Phi) is 8.46. The zero-order valence-corrected chi connectivity index (χ0v) is 10.8. The summed E-state index contributed by atoms with van der Waals surface area (Å²) in [6.45, 7) is 4.91. The standard InChI is InChI=1S/C7H15IO2.BH3O3/c1-6(2,9)7(3,10)4-5-8;2-1(3)4/h9-10H,4-5H2,1-3H3;2-4H. The fourth-order valence-corrected chi connectivity index (χ4v) is 1.54. The summed E-state index contributed by atoms with van der Waals surface area (Å²) in [6, 6.07) is 0. The summed E-state index contributed by atoms with van der Waals surface area (Å²) >= 11 is 2.18. The number of hydrogen-bond donors (Lipinski definition) is 5. The van der Waals surface area contributed by atoms with E-state index in [9.17, 15) is 10.2 Å². The Balaban J connectivity index is 0. The smallest absolute Gasteiger partial charge is 0.402 e. The van der Waals surface area contributed by atoms with Crippen LogP contribution in [0.15, 0.2) is 0 Å². The van der Waals surface area contributed by atoms with E-state index in [-0.39, 0.29) is 0 Å². The number of halogens is 1. The average Bonchev–Trinajstić information content (AvgIpc) is 1.82. The van der Waals surface area contributed by atoms with Crippen LogP contribution in [0.25, 0.3) is 0 Å². The van der Waals surface area contributed by atoms with Crippen LogP contribution in [0.3, 0.4) is 0 Å². The van der Waals surface area contributed by atoms with E-state index < -0.39 is 18.5 Å². The first-order valence-corrected chi connectivity index (χ1v) is 5.62. The van der Waals surface area contributed by atoms with E-state index in [1.807, 2.05) is 0 Å². The van der Waals surface area contributed by atoms with Crippen molar-refractivity contribution in [3.05, 3.63) is 0 Å². The Bertz CT molecular complexity index is 143. The van der Waals surface area contributed by atoms with Crippen molar-refractivity contribution in [2.75, 3.05) is 4.43 Å². The second-order valence-corrected chi connectivity index (χ2v) is 4.70. The number of rotatable bonds is 3. The van der Waals surface area contributed by atoms with E-state index in [1.54, 1.807) is 20.8 Å². The van der Waals surface area contributed by atoms with Gasteiger partial charge in [-0.1, -0.05) is 22.6 Å². The van der Waals surface area contributed by atoms with Gasteiger partial charge < -0.3 is 25.3 Å². The molecule has 0 bridgehead atoms. The van der Waals surface area contributed by atoms with E-state index in [0.717, 1.165) is 4.43 Å². The molecule has 0 aliphatic heterocycles. The van der Waals surface area contributed by atoms with Crippen molar-refractivity contribution < 1.29 is 25.3 Å². The van der Waals surface area contributed by atoms with E-state index in [0.29, 0.717) is 6.42 Å². The maximum absolute atomic E-state index is 9.60. The third kappa shape index (κ3) is 9.16. The van der Waals surface area contributed by atoms with Crippen LogP contribution in [0.2, 0.25) is 0 Å². The van der Waals surface area contributed by atoms with E-state index in [4.69, 9.17) is 15.1 Å². The Labute approximate surface area is 98.1 Å².